The van der Waals surface area contributed by atoms with E-state index in [-0.39, 0.29) is 11.5 Å². The molecule has 0 heterocycles. The van der Waals surface area contributed by atoms with Gasteiger partial charge in [0.1, 0.15) is 0 Å². The third-order valence-electron chi connectivity index (χ3n) is 1.65. The highest BCUT2D eigenvalue weighted by Crippen LogP contribution is 2.32. The molecule has 5 heteroatoms. The lowest BCUT2D eigenvalue weighted by Crippen LogP contribution is -2.17. The van der Waals surface area contributed by atoms with Gasteiger partial charge in [0.25, 0.3) is 0 Å². The Morgan fingerprint density at radius 2 is 1.93 bits per heavy atom. The van der Waals surface area contributed by atoms with Crippen LogP contribution in [0.25, 0.3) is 6.08 Å². The molecule has 0 aliphatic heterocycles. The fourth-order valence-electron chi connectivity index (χ4n) is 1.02. The highest BCUT2D eigenvalue weighted by molar-refractivity contribution is 5.54. The van der Waals surface area contributed by atoms with Gasteiger partial charge in [0, 0.05) is 0 Å². The van der Waals surface area contributed by atoms with Crippen molar-refractivity contribution in [3.63, 3.8) is 0 Å². The van der Waals surface area contributed by atoms with Crippen molar-refractivity contribution in [3.05, 3.63) is 30.3 Å². The first-order valence-electron chi connectivity index (χ1n) is 4.02. The zero-order valence-corrected chi connectivity index (χ0v) is 7.97. The number of hydrogen-bond acceptors (Lipinski definition) is 2. The SMILES string of the molecule is C=Cc1ccc(OC(F)(F)F)c(OC)c1. The minimum atomic E-state index is -4.72. The molecule has 1 aromatic carbocycles. The highest BCUT2D eigenvalue weighted by Gasteiger charge is 2.32. The van der Waals surface area contributed by atoms with Crippen LogP contribution in [-0.2, 0) is 0 Å². The van der Waals surface area contributed by atoms with E-state index < -0.39 is 6.36 Å². The molecule has 0 N–H and O–H groups in total. The summed E-state index contributed by atoms with van der Waals surface area (Å²) in [6.07, 6.45) is -3.22. The number of halogens is 3. The summed E-state index contributed by atoms with van der Waals surface area (Å²) in [7, 11) is 1.27. The molecule has 15 heavy (non-hydrogen) atoms. The Balaban J connectivity index is 3.02. The first kappa shape index (κ1) is 11.4. The molecule has 0 aliphatic carbocycles. The van der Waals surface area contributed by atoms with E-state index in [1.807, 2.05) is 0 Å². The van der Waals surface area contributed by atoms with Crippen LogP contribution in [0.3, 0.4) is 0 Å². The molecular formula is C10H9F3O2. The third kappa shape index (κ3) is 3.19. The Bertz CT molecular complexity index is 358. The number of benzene rings is 1. The molecule has 0 fully saturated rings. The molecule has 0 saturated carbocycles. The van der Waals surface area contributed by atoms with Crippen LogP contribution in [0.1, 0.15) is 5.56 Å². The molecule has 0 bridgehead atoms. The third-order valence-corrected chi connectivity index (χ3v) is 1.65. The Hall–Kier alpha value is -1.65. The van der Waals surface area contributed by atoms with Crippen LogP contribution < -0.4 is 9.47 Å². The summed E-state index contributed by atoms with van der Waals surface area (Å²) >= 11 is 0. The number of methoxy groups -OCH3 is 1. The van der Waals surface area contributed by atoms with Crippen LogP contribution in [0, 0.1) is 0 Å². The van der Waals surface area contributed by atoms with Gasteiger partial charge in [0.2, 0.25) is 0 Å². The summed E-state index contributed by atoms with van der Waals surface area (Å²) in [5, 5.41) is 0. The lowest BCUT2D eigenvalue weighted by Gasteiger charge is -2.12. The van der Waals surface area contributed by atoms with Crippen molar-refractivity contribution >= 4 is 6.08 Å². The van der Waals surface area contributed by atoms with Crippen LogP contribution in [0.2, 0.25) is 0 Å². The Kier molecular flexibility index (Phi) is 3.24. The van der Waals surface area contributed by atoms with Crippen LogP contribution in [0.4, 0.5) is 13.2 Å². The van der Waals surface area contributed by atoms with Crippen LogP contribution >= 0.6 is 0 Å². The second-order valence-electron chi connectivity index (χ2n) is 2.66. The molecule has 82 valence electrons. The zero-order chi connectivity index (χ0) is 11.5. The van der Waals surface area contributed by atoms with Gasteiger partial charge in [-0.25, -0.2) is 0 Å². The molecule has 0 unspecified atom stereocenters. The molecule has 0 atom stereocenters. The van der Waals surface area contributed by atoms with E-state index in [9.17, 15) is 13.2 Å². The lowest BCUT2D eigenvalue weighted by atomic mass is 10.2. The molecule has 0 saturated heterocycles. The predicted molar refractivity (Wildman–Crippen MR) is 49.8 cm³/mol. The normalized spacial score (nSPS) is 10.9. The molecule has 0 aromatic heterocycles. The van der Waals surface area contributed by atoms with Gasteiger partial charge >= 0.3 is 6.36 Å². The minimum Gasteiger partial charge on any atom is -0.493 e. The number of ether oxygens (including phenoxy) is 2. The second-order valence-corrected chi connectivity index (χ2v) is 2.66. The molecule has 0 amide bonds. The second kappa shape index (κ2) is 4.25. The van der Waals surface area contributed by atoms with Crippen LogP contribution in [0.5, 0.6) is 11.5 Å². The van der Waals surface area contributed by atoms with E-state index in [4.69, 9.17) is 4.74 Å². The van der Waals surface area contributed by atoms with E-state index in [0.29, 0.717) is 5.56 Å². The molecule has 1 aromatic rings. The smallest absolute Gasteiger partial charge is 0.493 e. The summed E-state index contributed by atoms with van der Waals surface area (Å²) < 4.78 is 44.4. The van der Waals surface area contributed by atoms with Crippen molar-refractivity contribution < 1.29 is 22.6 Å². The maximum Gasteiger partial charge on any atom is 0.573 e. The fourth-order valence-corrected chi connectivity index (χ4v) is 1.02. The van der Waals surface area contributed by atoms with Gasteiger partial charge < -0.3 is 9.47 Å². The van der Waals surface area contributed by atoms with Crippen molar-refractivity contribution in [2.24, 2.45) is 0 Å². The maximum atomic E-state index is 11.9. The summed E-state index contributed by atoms with van der Waals surface area (Å²) in [5.41, 5.74) is 0.654. The van der Waals surface area contributed by atoms with Gasteiger partial charge in [0.05, 0.1) is 7.11 Å². The van der Waals surface area contributed by atoms with E-state index in [0.717, 1.165) is 0 Å². The monoisotopic (exact) mass is 218 g/mol. The maximum absolute atomic E-state index is 11.9. The zero-order valence-electron chi connectivity index (χ0n) is 7.97. The van der Waals surface area contributed by atoms with Crippen LogP contribution in [0.15, 0.2) is 24.8 Å². The first-order chi connectivity index (χ1) is 6.96. The Morgan fingerprint density at radius 3 is 2.40 bits per heavy atom. The predicted octanol–water partition coefficient (Wildman–Crippen LogP) is 3.24. The standard InChI is InChI=1S/C10H9F3O2/c1-3-7-4-5-8(9(6-7)14-2)15-10(11,12)13/h3-6H,1H2,2H3. The van der Waals surface area contributed by atoms with E-state index in [2.05, 4.69) is 11.3 Å². The van der Waals surface area contributed by atoms with E-state index in [1.54, 1.807) is 0 Å². The summed E-state index contributed by atoms with van der Waals surface area (Å²) in [5.74, 6) is -0.347. The van der Waals surface area contributed by atoms with Crippen molar-refractivity contribution in [2.45, 2.75) is 6.36 Å². The lowest BCUT2D eigenvalue weighted by molar-refractivity contribution is -0.275. The van der Waals surface area contributed by atoms with Gasteiger partial charge in [-0.15, -0.1) is 13.2 Å². The van der Waals surface area contributed by atoms with Gasteiger partial charge in [0.15, 0.2) is 11.5 Å². The average Bonchev–Trinajstić information content (AvgIpc) is 2.16. The summed E-state index contributed by atoms with van der Waals surface area (Å²) in [6.45, 7) is 3.49. The van der Waals surface area contributed by atoms with Crippen molar-refractivity contribution in [1.82, 2.24) is 0 Å². The minimum absolute atomic E-state index is 0.0183. The summed E-state index contributed by atoms with van der Waals surface area (Å²) in [6, 6.07) is 4.05. The van der Waals surface area contributed by atoms with Crippen LogP contribution in [-0.4, -0.2) is 13.5 Å². The highest BCUT2D eigenvalue weighted by atomic mass is 19.4. The largest absolute Gasteiger partial charge is 0.573 e. The molecule has 0 aliphatic rings. The quantitative estimate of drug-likeness (QED) is 0.775. The number of hydrogen-bond donors (Lipinski definition) is 0. The van der Waals surface area contributed by atoms with E-state index >= 15 is 0 Å². The Labute approximate surface area is 84.9 Å². The fraction of sp³-hybridized carbons (Fsp3) is 0.200. The molecule has 0 radical (unpaired) electrons. The van der Waals surface area contributed by atoms with Crippen molar-refractivity contribution in [2.75, 3.05) is 7.11 Å². The average molecular weight is 218 g/mol. The van der Waals surface area contributed by atoms with Gasteiger partial charge in [-0.2, -0.15) is 0 Å². The molecule has 1 rings (SSSR count). The first-order valence-corrected chi connectivity index (χ1v) is 4.02. The number of rotatable bonds is 3. The molecule has 2 nitrogen and oxygen atoms in total. The molecular weight excluding hydrogens is 209 g/mol. The van der Waals surface area contributed by atoms with Gasteiger partial charge in [-0.3, -0.25) is 0 Å². The van der Waals surface area contributed by atoms with Crippen molar-refractivity contribution in [3.8, 4) is 11.5 Å². The Morgan fingerprint density at radius 1 is 1.27 bits per heavy atom. The van der Waals surface area contributed by atoms with E-state index in [1.165, 1.54) is 31.4 Å². The number of alkyl halides is 3. The van der Waals surface area contributed by atoms with Gasteiger partial charge in [-0.1, -0.05) is 18.7 Å². The topological polar surface area (TPSA) is 18.5 Å². The summed E-state index contributed by atoms with van der Waals surface area (Å²) in [4.78, 5) is 0. The van der Waals surface area contributed by atoms with Crippen molar-refractivity contribution in [1.29, 1.82) is 0 Å². The van der Waals surface area contributed by atoms with Gasteiger partial charge in [-0.05, 0) is 17.7 Å². The molecule has 0 spiro atoms.